The van der Waals surface area contributed by atoms with Crippen LogP contribution in [0.25, 0.3) is 0 Å². The summed E-state index contributed by atoms with van der Waals surface area (Å²) in [6.45, 7) is 0. The van der Waals surface area contributed by atoms with E-state index in [1.165, 1.54) is 18.2 Å². The minimum atomic E-state index is -4.50. The molecule has 162 valence electrons. The minimum Gasteiger partial charge on any atom is -0.322 e. The van der Waals surface area contributed by atoms with Gasteiger partial charge in [-0.2, -0.15) is 13.2 Å². The van der Waals surface area contributed by atoms with Crippen molar-refractivity contribution in [1.29, 1.82) is 0 Å². The van der Waals surface area contributed by atoms with E-state index in [4.69, 9.17) is 0 Å². The van der Waals surface area contributed by atoms with Crippen molar-refractivity contribution in [2.45, 2.75) is 23.5 Å². The molecule has 1 aliphatic heterocycles. The summed E-state index contributed by atoms with van der Waals surface area (Å²) < 4.78 is 88.2. The Balaban J connectivity index is 1.73. The molecule has 1 heterocycles. The highest BCUT2D eigenvalue weighted by molar-refractivity contribution is 7.92. The van der Waals surface area contributed by atoms with Crippen molar-refractivity contribution in [3.05, 3.63) is 59.7 Å². The Labute approximate surface area is 171 Å². The second kappa shape index (κ2) is 8.00. The van der Waals surface area contributed by atoms with Crippen molar-refractivity contribution in [2.24, 2.45) is 0 Å². The fraction of sp³-hybridized carbons (Fsp3) is 0.278. The highest BCUT2D eigenvalue weighted by Gasteiger charge is 2.32. The molecular formula is C18H17F3N2O5S2. The third kappa shape index (κ3) is 5.37. The van der Waals surface area contributed by atoms with E-state index in [0.29, 0.717) is 0 Å². The van der Waals surface area contributed by atoms with Gasteiger partial charge >= 0.3 is 6.18 Å². The standard InChI is InChI=1S/C18H17F3N2O5S2/c19-18(20,21)13-4-6-14(7-5-13)22-17(24)12-2-1-3-16(10-12)30(27,28)23-15-8-9-29(25,26)11-15/h1-7,10,15,23H,8-9,11H2,(H,22,24). The van der Waals surface area contributed by atoms with Crippen LogP contribution >= 0.6 is 0 Å². The predicted molar refractivity (Wildman–Crippen MR) is 103 cm³/mol. The molecule has 2 N–H and O–H groups in total. The number of rotatable bonds is 5. The number of benzene rings is 2. The number of sulfone groups is 1. The molecular weight excluding hydrogens is 445 g/mol. The first-order chi connectivity index (χ1) is 13.9. The third-order valence-electron chi connectivity index (χ3n) is 4.43. The van der Waals surface area contributed by atoms with E-state index in [1.807, 2.05) is 0 Å². The van der Waals surface area contributed by atoms with Crippen LogP contribution in [-0.4, -0.2) is 40.3 Å². The molecule has 0 aliphatic carbocycles. The largest absolute Gasteiger partial charge is 0.416 e. The molecule has 2 aromatic rings. The molecule has 7 nitrogen and oxygen atoms in total. The van der Waals surface area contributed by atoms with Crippen molar-refractivity contribution in [3.8, 4) is 0 Å². The molecule has 30 heavy (non-hydrogen) atoms. The molecule has 0 radical (unpaired) electrons. The van der Waals surface area contributed by atoms with Crippen LogP contribution in [0.1, 0.15) is 22.3 Å². The first-order valence-corrected chi connectivity index (χ1v) is 12.0. The molecule has 1 aliphatic rings. The Kier molecular flexibility index (Phi) is 5.94. The highest BCUT2D eigenvalue weighted by atomic mass is 32.2. The number of nitrogens with one attached hydrogen (secondary N) is 2. The molecule has 0 saturated carbocycles. The SMILES string of the molecule is O=C(Nc1ccc(C(F)(F)F)cc1)c1cccc(S(=O)(=O)NC2CCS(=O)(=O)C2)c1. The fourth-order valence-electron chi connectivity index (χ4n) is 2.93. The van der Waals surface area contributed by atoms with Crippen LogP contribution < -0.4 is 10.0 Å². The lowest BCUT2D eigenvalue weighted by Gasteiger charge is -2.13. The molecule has 1 saturated heterocycles. The monoisotopic (exact) mass is 462 g/mol. The lowest BCUT2D eigenvalue weighted by atomic mass is 10.2. The number of amides is 1. The molecule has 0 bridgehead atoms. The van der Waals surface area contributed by atoms with Crippen molar-refractivity contribution in [1.82, 2.24) is 4.72 Å². The summed E-state index contributed by atoms with van der Waals surface area (Å²) in [6.07, 6.45) is -4.34. The van der Waals surface area contributed by atoms with E-state index in [0.717, 1.165) is 30.3 Å². The van der Waals surface area contributed by atoms with Crippen molar-refractivity contribution < 1.29 is 34.8 Å². The van der Waals surface area contributed by atoms with Gasteiger partial charge in [0.05, 0.1) is 22.0 Å². The molecule has 12 heteroatoms. The summed E-state index contributed by atoms with van der Waals surface area (Å²) in [5.74, 6) is -1.11. The van der Waals surface area contributed by atoms with Crippen LogP contribution in [0.2, 0.25) is 0 Å². The van der Waals surface area contributed by atoms with Gasteiger partial charge in [0.25, 0.3) is 5.91 Å². The molecule has 1 amide bonds. The van der Waals surface area contributed by atoms with E-state index in [2.05, 4.69) is 10.0 Å². The molecule has 0 aromatic heterocycles. The third-order valence-corrected chi connectivity index (χ3v) is 7.72. The number of hydrogen-bond acceptors (Lipinski definition) is 5. The number of sulfonamides is 1. The van der Waals surface area contributed by atoms with E-state index in [9.17, 15) is 34.8 Å². The van der Waals surface area contributed by atoms with E-state index in [1.54, 1.807) is 0 Å². The zero-order valence-electron chi connectivity index (χ0n) is 15.3. The van der Waals surface area contributed by atoms with Gasteiger partial charge in [-0.25, -0.2) is 21.6 Å². The zero-order chi connectivity index (χ0) is 22.2. The van der Waals surface area contributed by atoms with Gasteiger partial charge in [-0.05, 0) is 48.9 Å². The van der Waals surface area contributed by atoms with Gasteiger partial charge < -0.3 is 5.32 Å². The Bertz CT molecular complexity index is 1160. The number of alkyl halides is 3. The van der Waals surface area contributed by atoms with Crippen LogP contribution in [0, 0.1) is 0 Å². The molecule has 1 unspecified atom stereocenters. The Hall–Kier alpha value is -2.44. The van der Waals surface area contributed by atoms with Gasteiger partial charge in [-0.1, -0.05) is 6.07 Å². The predicted octanol–water partition coefficient (Wildman–Crippen LogP) is 2.42. The van der Waals surface area contributed by atoms with Gasteiger partial charge in [-0.15, -0.1) is 0 Å². The molecule has 1 fully saturated rings. The first-order valence-electron chi connectivity index (χ1n) is 8.67. The van der Waals surface area contributed by atoms with Crippen molar-refractivity contribution in [2.75, 3.05) is 16.8 Å². The van der Waals surface area contributed by atoms with Gasteiger partial charge in [0.1, 0.15) is 0 Å². The van der Waals surface area contributed by atoms with Crippen molar-refractivity contribution in [3.63, 3.8) is 0 Å². The molecule has 0 spiro atoms. The zero-order valence-corrected chi connectivity index (χ0v) is 16.9. The molecule has 2 aromatic carbocycles. The van der Waals surface area contributed by atoms with Gasteiger partial charge in [-0.3, -0.25) is 4.79 Å². The second-order valence-corrected chi connectivity index (χ2v) is 10.7. The lowest BCUT2D eigenvalue weighted by molar-refractivity contribution is -0.137. The van der Waals surface area contributed by atoms with Crippen LogP contribution in [0.4, 0.5) is 18.9 Å². The summed E-state index contributed by atoms with van der Waals surface area (Å²) in [7, 11) is -7.34. The van der Waals surface area contributed by atoms with E-state index >= 15 is 0 Å². The lowest BCUT2D eigenvalue weighted by Crippen LogP contribution is -2.35. The van der Waals surface area contributed by atoms with E-state index < -0.39 is 43.5 Å². The topological polar surface area (TPSA) is 109 Å². The molecule has 3 rings (SSSR count). The number of carbonyl (C=O) groups excluding carboxylic acids is 1. The Morgan fingerprint density at radius 3 is 2.30 bits per heavy atom. The number of hydrogen-bond donors (Lipinski definition) is 2. The van der Waals surface area contributed by atoms with Crippen LogP contribution in [0.3, 0.4) is 0 Å². The second-order valence-electron chi connectivity index (χ2n) is 6.78. The summed E-state index contributed by atoms with van der Waals surface area (Å²) in [5.41, 5.74) is -0.791. The van der Waals surface area contributed by atoms with Gasteiger partial charge in [0, 0.05) is 17.3 Å². The maximum Gasteiger partial charge on any atom is 0.416 e. The fourth-order valence-corrected chi connectivity index (χ4v) is 6.02. The first kappa shape index (κ1) is 22.2. The highest BCUT2D eigenvalue weighted by Crippen LogP contribution is 2.30. The summed E-state index contributed by atoms with van der Waals surface area (Å²) >= 11 is 0. The van der Waals surface area contributed by atoms with Gasteiger partial charge in [0.15, 0.2) is 9.84 Å². The van der Waals surface area contributed by atoms with Crippen molar-refractivity contribution >= 4 is 31.5 Å². The summed E-state index contributed by atoms with van der Waals surface area (Å²) in [5, 5.41) is 2.40. The summed E-state index contributed by atoms with van der Waals surface area (Å²) in [4.78, 5) is 12.1. The number of carbonyl (C=O) groups is 1. The van der Waals surface area contributed by atoms with Crippen LogP contribution in [0.5, 0.6) is 0 Å². The van der Waals surface area contributed by atoms with E-state index in [-0.39, 0.29) is 34.1 Å². The maximum absolute atomic E-state index is 12.6. The number of halogens is 3. The molecule has 1 atom stereocenters. The summed E-state index contributed by atoms with van der Waals surface area (Å²) in [6, 6.07) is 8.09. The number of anilines is 1. The Morgan fingerprint density at radius 2 is 1.73 bits per heavy atom. The minimum absolute atomic E-state index is 0.0307. The average Bonchev–Trinajstić information content (AvgIpc) is 2.99. The quantitative estimate of drug-likeness (QED) is 0.709. The smallest absolute Gasteiger partial charge is 0.322 e. The van der Waals surface area contributed by atoms with Crippen LogP contribution in [0.15, 0.2) is 53.4 Å². The average molecular weight is 462 g/mol. The van der Waals surface area contributed by atoms with Crippen LogP contribution in [-0.2, 0) is 26.0 Å². The Morgan fingerprint density at radius 1 is 1.07 bits per heavy atom. The normalized spacial score (nSPS) is 18.8. The van der Waals surface area contributed by atoms with Gasteiger partial charge in [0.2, 0.25) is 10.0 Å². The maximum atomic E-state index is 12.6.